The molecule has 1 heteroatoms. The summed E-state index contributed by atoms with van der Waals surface area (Å²) in [5.74, 6) is 0. The maximum absolute atomic E-state index is 2.88. The monoisotopic (exact) mass is 494 g/mol. The highest BCUT2D eigenvalue weighted by Gasteiger charge is 2.25. The largest absolute Gasteiger partial charge is 0.298 e. The molecule has 0 fully saturated rings. The van der Waals surface area contributed by atoms with E-state index in [0.717, 1.165) is 0 Å². The van der Waals surface area contributed by atoms with Gasteiger partial charge in [-0.05, 0) is 46.2 Å². The van der Waals surface area contributed by atoms with Crippen LogP contribution in [0.5, 0.6) is 0 Å². The molecule has 1 nitrogen and oxygen atoms in total. The number of rotatable bonds is 29. The van der Waals surface area contributed by atoms with Crippen LogP contribution >= 0.6 is 0 Å². The third-order valence-corrected chi connectivity index (χ3v) is 8.31. The van der Waals surface area contributed by atoms with Crippen molar-refractivity contribution in [3.8, 4) is 0 Å². The quantitative estimate of drug-likeness (QED) is 0.0936. The molecule has 0 aliphatic rings. The highest BCUT2D eigenvalue weighted by Crippen LogP contribution is 2.25. The molecule has 0 saturated carbocycles. The van der Waals surface area contributed by atoms with Crippen LogP contribution in [0.2, 0.25) is 0 Å². The van der Waals surface area contributed by atoms with Gasteiger partial charge in [-0.3, -0.25) is 4.90 Å². The van der Waals surface area contributed by atoms with Gasteiger partial charge in [0.25, 0.3) is 0 Å². The predicted octanol–water partition coefficient (Wildman–Crippen LogP) is 12.3. The fourth-order valence-electron chi connectivity index (χ4n) is 5.62. The van der Waals surface area contributed by atoms with Crippen molar-refractivity contribution in [2.24, 2.45) is 0 Å². The minimum Gasteiger partial charge on any atom is -0.298 e. The van der Waals surface area contributed by atoms with E-state index in [9.17, 15) is 0 Å². The van der Waals surface area contributed by atoms with Gasteiger partial charge in [-0.15, -0.1) is 0 Å². The van der Waals surface area contributed by atoms with Crippen LogP contribution in [-0.2, 0) is 0 Å². The first kappa shape index (κ1) is 35.0. The van der Waals surface area contributed by atoms with Crippen LogP contribution in [0.15, 0.2) is 0 Å². The van der Waals surface area contributed by atoms with E-state index in [1.807, 2.05) is 0 Å². The number of unbranched alkanes of at least 4 members (excludes halogenated alkanes) is 22. The Bertz CT molecular complexity index is 372. The Morgan fingerprint density at radius 2 is 0.600 bits per heavy atom. The molecular weight excluding hydrogens is 422 g/mol. The van der Waals surface area contributed by atoms with Crippen LogP contribution in [0.25, 0.3) is 0 Å². The van der Waals surface area contributed by atoms with Gasteiger partial charge in [0.05, 0.1) is 0 Å². The van der Waals surface area contributed by atoms with Gasteiger partial charge < -0.3 is 0 Å². The summed E-state index contributed by atoms with van der Waals surface area (Å²) < 4.78 is 0. The molecule has 0 aliphatic carbocycles. The maximum Gasteiger partial charge on any atom is 0.0153 e. The summed E-state index contributed by atoms with van der Waals surface area (Å²) in [6, 6.07) is 0. The fraction of sp³-hybridized carbons (Fsp3) is 1.00. The first-order valence-corrected chi connectivity index (χ1v) is 16.8. The topological polar surface area (TPSA) is 3.24 Å². The van der Waals surface area contributed by atoms with Gasteiger partial charge in [0, 0.05) is 5.54 Å². The Labute approximate surface area is 225 Å². The predicted molar refractivity (Wildman–Crippen MR) is 163 cm³/mol. The Kier molecular flexibility index (Phi) is 27.0. The molecule has 0 atom stereocenters. The molecule has 0 aliphatic heterocycles. The minimum absolute atomic E-state index is 0.380. The lowest BCUT2D eigenvalue weighted by molar-refractivity contribution is 0.102. The highest BCUT2D eigenvalue weighted by atomic mass is 15.2. The minimum atomic E-state index is 0.380. The molecule has 0 heterocycles. The van der Waals surface area contributed by atoms with Gasteiger partial charge in [0.2, 0.25) is 0 Å². The zero-order valence-corrected chi connectivity index (χ0v) is 25.7. The van der Waals surface area contributed by atoms with Gasteiger partial charge in [-0.25, -0.2) is 0 Å². The van der Waals surface area contributed by atoms with E-state index in [2.05, 4.69) is 39.5 Å². The fourth-order valence-corrected chi connectivity index (χ4v) is 5.62. The number of hydrogen-bond acceptors (Lipinski definition) is 1. The summed E-state index contributed by atoms with van der Waals surface area (Å²) in [6.45, 7) is 14.7. The summed E-state index contributed by atoms with van der Waals surface area (Å²) in [5, 5.41) is 0. The highest BCUT2D eigenvalue weighted by molar-refractivity contribution is 4.81. The van der Waals surface area contributed by atoms with Crippen LogP contribution in [0.1, 0.15) is 202 Å². The van der Waals surface area contributed by atoms with E-state index < -0.39 is 0 Å². The summed E-state index contributed by atoms with van der Waals surface area (Å²) in [6.07, 6.45) is 37.3. The van der Waals surface area contributed by atoms with E-state index in [1.54, 1.807) is 0 Å². The summed E-state index contributed by atoms with van der Waals surface area (Å²) in [4.78, 5) is 2.88. The van der Waals surface area contributed by atoms with Crippen molar-refractivity contribution in [1.29, 1.82) is 0 Å². The van der Waals surface area contributed by atoms with Crippen molar-refractivity contribution in [2.75, 3.05) is 13.1 Å². The Morgan fingerprint density at radius 3 is 0.914 bits per heavy atom. The van der Waals surface area contributed by atoms with Crippen molar-refractivity contribution < 1.29 is 0 Å². The lowest BCUT2D eigenvalue weighted by Crippen LogP contribution is -2.45. The zero-order valence-electron chi connectivity index (χ0n) is 25.7. The van der Waals surface area contributed by atoms with E-state index >= 15 is 0 Å². The van der Waals surface area contributed by atoms with E-state index in [1.165, 1.54) is 180 Å². The van der Waals surface area contributed by atoms with Gasteiger partial charge in [-0.2, -0.15) is 0 Å². The second-order valence-corrected chi connectivity index (χ2v) is 12.3. The summed E-state index contributed by atoms with van der Waals surface area (Å²) >= 11 is 0. The van der Waals surface area contributed by atoms with Gasteiger partial charge in [0.1, 0.15) is 0 Å². The molecule has 0 bridgehead atoms. The van der Waals surface area contributed by atoms with Crippen LogP contribution < -0.4 is 0 Å². The zero-order chi connectivity index (χ0) is 25.9. The molecule has 0 unspecified atom stereocenters. The first-order valence-electron chi connectivity index (χ1n) is 16.8. The number of hydrogen-bond donors (Lipinski definition) is 0. The van der Waals surface area contributed by atoms with Gasteiger partial charge in [-0.1, -0.05) is 168 Å². The summed E-state index contributed by atoms with van der Waals surface area (Å²) in [7, 11) is 0. The van der Waals surface area contributed by atoms with Crippen molar-refractivity contribution in [3.05, 3.63) is 0 Å². The second-order valence-electron chi connectivity index (χ2n) is 12.3. The van der Waals surface area contributed by atoms with Crippen LogP contribution in [-0.4, -0.2) is 23.5 Å². The van der Waals surface area contributed by atoms with Crippen LogP contribution in [0.4, 0.5) is 0 Å². The molecule has 0 aromatic heterocycles. The molecule has 0 aromatic rings. The molecule has 0 N–H and O–H groups in total. The lowest BCUT2D eigenvalue weighted by Gasteiger charge is -2.39. The Hall–Kier alpha value is -0.0400. The van der Waals surface area contributed by atoms with Gasteiger partial charge in [0.15, 0.2) is 0 Å². The van der Waals surface area contributed by atoms with Crippen molar-refractivity contribution in [2.45, 2.75) is 207 Å². The van der Waals surface area contributed by atoms with Crippen molar-refractivity contribution in [3.63, 3.8) is 0 Å². The maximum atomic E-state index is 2.88. The average Bonchev–Trinajstić information content (AvgIpc) is 2.84. The van der Waals surface area contributed by atoms with E-state index in [4.69, 9.17) is 0 Å². The number of nitrogens with zero attached hydrogens (tertiary/aromatic N) is 1. The van der Waals surface area contributed by atoms with Crippen LogP contribution in [0.3, 0.4) is 0 Å². The molecule has 0 amide bonds. The molecule has 0 radical (unpaired) electrons. The lowest BCUT2D eigenvalue weighted by atomic mass is 9.92. The average molecular weight is 494 g/mol. The molecule has 0 rings (SSSR count). The van der Waals surface area contributed by atoms with Crippen molar-refractivity contribution >= 4 is 0 Å². The second kappa shape index (κ2) is 27.0. The van der Waals surface area contributed by atoms with Crippen molar-refractivity contribution in [1.82, 2.24) is 4.90 Å². The molecule has 35 heavy (non-hydrogen) atoms. The Balaban J connectivity index is 4.04. The molecule has 0 aromatic carbocycles. The molecule has 0 spiro atoms. The standard InChI is InChI=1S/C34H71N/c1-6-9-12-15-18-19-20-21-22-23-24-25-28-31-34(4,5)35(32-29-26-16-13-10-7-2)33-30-27-17-14-11-8-3/h6-33H2,1-5H3. The third kappa shape index (κ3) is 24.1. The van der Waals surface area contributed by atoms with Crippen LogP contribution in [0, 0.1) is 0 Å². The third-order valence-electron chi connectivity index (χ3n) is 8.31. The smallest absolute Gasteiger partial charge is 0.0153 e. The Morgan fingerprint density at radius 1 is 0.343 bits per heavy atom. The van der Waals surface area contributed by atoms with E-state index in [-0.39, 0.29) is 0 Å². The van der Waals surface area contributed by atoms with E-state index in [0.29, 0.717) is 5.54 Å². The molecule has 0 saturated heterocycles. The SMILES string of the molecule is CCCCCCCCCCCCCCCC(C)(C)N(CCCCCCCC)CCCCCCCC. The summed E-state index contributed by atoms with van der Waals surface area (Å²) in [5.41, 5.74) is 0.380. The normalized spacial score (nSPS) is 12.2. The first-order chi connectivity index (χ1) is 17.1. The molecular formula is C34H71N. The van der Waals surface area contributed by atoms with Gasteiger partial charge >= 0.3 is 0 Å². The molecule has 212 valence electrons.